The van der Waals surface area contributed by atoms with Gasteiger partial charge >= 0.3 is 0 Å². The molecule has 0 bridgehead atoms. The zero-order valence-electron chi connectivity index (χ0n) is 11.7. The maximum absolute atomic E-state index is 12.0. The van der Waals surface area contributed by atoms with Crippen molar-refractivity contribution in [1.82, 2.24) is 15.1 Å². The van der Waals surface area contributed by atoms with Gasteiger partial charge in [0, 0.05) is 12.7 Å². The second-order valence-electron chi connectivity index (χ2n) is 4.91. The van der Waals surface area contributed by atoms with E-state index in [9.17, 15) is 9.90 Å². The Morgan fingerprint density at radius 3 is 2.70 bits per heavy atom. The van der Waals surface area contributed by atoms with Crippen LogP contribution in [0.2, 0.25) is 0 Å². The second-order valence-corrected chi connectivity index (χ2v) is 4.91. The third-order valence-corrected chi connectivity index (χ3v) is 3.21. The molecule has 0 fully saturated rings. The first-order valence-electron chi connectivity index (χ1n) is 6.61. The van der Waals surface area contributed by atoms with Crippen LogP contribution in [0.3, 0.4) is 0 Å². The van der Waals surface area contributed by atoms with Crippen LogP contribution in [-0.2, 0) is 12.1 Å². The second kappa shape index (κ2) is 5.88. The Morgan fingerprint density at radius 1 is 1.40 bits per heavy atom. The van der Waals surface area contributed by atoms with Crippen molar-refractivity contribution in [3.05, 3.63) is 53.9 Å². The number of aryl methyl sites for hydroxylation is 1. The van der Waals surface area contributed by atoms with Crippen LogP contribution in [0.1, 0.15) is 29.8 Å². The molecular formula is C15H19N3O2. The van der Waals surface area contributed by atoms with Crippen LogP contribution in [0.5, 0.6) is 0 Å². The van der Waals surface area contributed by atoms with Gasteiger partial charge in [0.15, 0.2) is 0 Å². The molecule has 2 aromatic rings. The summed E-state index contributed by atoms with van der Waals surface area (Å²) < 4.78 is 1.68. The molecule has 106 valence electrons. The van der Waals surface area contributed by atoms with Crippen LogP contribution in [-0.4, -0.2) is 27.3 Å². The Hall–Kier alpha value is -2.14. The summed E-state index contributed by atoms with van der Waals surface area (Å²) in [5.74, 6) is -0.235. The highest BCUT2D eigenvalue weighted by Crippen LogP contribution is 2.19. The van der Waals surface area contributed by atoms with Crippen LogP contribution in [0.15, 0.2) is 42.7 Å². The van der Waals surface area contributed by atoms with Gasteiger partial charge in [0.2, 0.25) is 0 Å². The van der Waals surface area contributed by atoms with E-state index in [0.717, 1.165) is 12.1 Å². The predicted molar refractivity (Wildman–Crippen MR) is 76.2 cm³/mol. The molecule has 0 radical (unpaired) electrons. The minimum Gasteiger partial charge on any atom is -0.384 e. The zero-order valence-corrected chi connectivity index (χ0v) is 11.7. The average Bonchev–Trinajstić information content (AvgIpc) is 2.95. The van der Waals surface area contributed by atoms with E-state index < -0.39 is 5.60 Å². The van der Waals surface area contributed by atoms with Crippen LogP contribution < -0.4 is 5.32 Å². The molecule has 1 aromatic heterocycles. The van der Waals surface area contributed by atoms with Crippen molar-refractivity contribution in [2.75, 3.05) is 6.54 Å². The highest BCUT2D eigenvalue weighted by atomic mass is 16.3. The van der Waals surface area contributed by atoms with Crippen molar-refractivity contribution in [3.8, 4) is 0 Å². The fraction of sp³-hybridized carbons (Fsp3) is 0.333. The number of rotatable bonds is 5. The molecule has 0 aliphatic rings. The molecule has 20 heavy (non-hydrogen) atoms. The van der Waals surface area contributed by atoms with Gasteiger partial charge < -0.3 is 10.4 Å². The lowest BCUT2D eigenvalue weighted by Crippen LogP contribution is -2.38. The Morgan fingerprint density at radius 2 is 2.10 bits per heavy atom. The number of hydrogen-bond acceptors (Lipinski definition) is 3. The molecule has 0 spiro atoms. The van der Waals surface area contributed by atoms with Gasteiger partial charge in [0.05, 0.1) is 18.3 Å². The van der Waals surface area contributed by atoms with E-state index in [1.54, 1.807) is 17.8 Å². The van der Waals surface area contributed by atoms with E-state index in [-0.39, 0.29) is 12.5 Å². The van der Waals surface area contributed by atoms with Crippen molar-refractivity contribution >= 4 is 5.91 Å². The summed E-state index contributed by atoms with van der Waals surface area (Å²) in [6, 6.07) is 9.27. The minimum atomic E-state index is -1.10. The Kier molecular flexibility index (Phi) is 4.20. The number of carbonyl (C=O) groups excluding carboxylic acids is 1. The smallest absolute Gasteiger partial charge is 0.254 e. The van der Waals surface area contributed by atoms with E-state index >= 15 is 0 Å². The maximum atomic E-state index is 12.0. The number of aliphatic hydroxyl groups is 1. The van der Waals surface area contributed by atoms with Crippen LogP contribution >= 0.6 is 0 Å². The Labute approximate surface area is 118 Å². The molecule has 5 heteroatoms. The van der Waals surface area contributed by atoms with E-state index in [4.69, 9.17) is 0 Å². The molecule has 5 nitrogen and oxygen atoms in total. The maximum Gasteiger partial charge on any atom is 0.254 e. The van der Waals surface area contributed by atoms with Gasteiger partial charge in [0.1, 0.15) is 5.60 Å². The summed E-state index contributed by atoms with van der Waals surface area (Å²) in [6.45, 7) is 4.50. The molecule has 2 rings (SSSR count). The number of amides is 1. The largest absolute Gasteiger partial charge is 0.384 e. The van der Waals surface area contributed by atoms with Crippen LogP contribution in [0, 0.1) is 0 Å². The highest BCUT2D eigenvalue weighted by Gasteiger charge is 2.23. The minimum absolute atomic E-state index is 0.146. The topological polar surface area (TPSA) is 67.2 Å². The fourth-order valence-corrected chi connectivity index (χ4v) is 1.91. The van der Waals surface area contributed by atoms with Crippen molar-refractivity contribution in [2.24, 2.45) is 0 Å². The van der Waals surface area contributed by atoms with Crippen molar-refractivity contribution in [3.63, 3.8) is 0 Å². The fourth-order valence-electron chi connectivity index (χ4n) is 1.91. The number of aromatic nitrogens is 2. The van der Waals surface area contributed by atoms with Gasteiger partial charge in [-0.3, -0.25) is 9.48 Å². The first-order valence-corrected chi connectivity index (χ1v) is 6.61. The van der Waals surface area contributed by atoms with Crippen molar-refractivity contribution < 1.29 is 9.90 Å². The third-order valence-electron chi connectivity index (χ3n) is 3.21. The molecule has 1 aromatic carbocycles. The normalized spacial score (nSPS) is 13.8. The molecule has 2 N–H and O–H groups in total. The molecular weight excluding hydrogens is 254 g/mol. The molecule has 1 heterocycles. The van der Waals surface area contributed by atoms with E-state index in [1.807, 2.05) is 37.3 Å². The zero-order chi connectivity index (χ0) is 14.6. The SMILES string of the molecule is CCn1cc(C(=O)NCC(C)(O)c2ccccc2)cn1. The molecule has 0 aliphatic carbocycles. The Bertz CT molecular complexity index is 576. The number of hydrogen-bond donors (Lipinski definition) is 2. The van der Waals surface area contributed by atoms with E-state index in [1.165, 1.54) is 6.20 Å². The first kappa shape index (κ1) is 14.3. The molecule has 1 atom stereocenters. The number of nitrogens with one attached hydrogen (secondary N) is 1. The van der Waals surface area contributed by atoms with Gasteiger partial charge in [-0.15, -0.1) is 0 Å². The molecule has 1 unspecified atom stereocenters. The lowest BCUT2D eigenvalue weighted by Gasteiger charge is -2.24. The van der Waals surface area contributed by atoms with Crippen LogP contribution in [0.25, 0.3) is 0 Å². The van der Waals surface area contributed by atoms with Gasteiger partial charge in [-0.2, -0.15) is 5.10 Å². The molecule has 0 saturated heterocycles. The molecule has 1 amide bonds. The van der Waals surface area contributed by atoms with Gasteiger partial charge in [-0.1, -0.05) is 30.3 Å². The van der Waals surface area contributed by atoms with Crippen molar-refractivity contribution in [2.45, 2.75) is 26.0 Å². The van der Waals surface area contributed by atoms with E-state index in [0.29, 0.717) is 5.56 Å². The number of benzene rings is 1. The van der Waals surface area contributed by atoms with Gasteiger partial charge in [-0.05, 0) is 19.4 Å². The summed E-state index contributed by atoms with van der Waals surface area (Å²) in [6.07, 6.45) is 3.21. The summed E-state index contributed by atoms with van der Waals surface area (Å²) in [5.41, 5.74) is 0.165. The quantitative estimate of drug-likeness (QED) is 0.868. The summed E-state index contributed by atoms with van der Waals surface area (Å²) in [5, 5.41) is 17.2. The summed E-state index contributed by atoms with van der Waals surface area (Å²) >= 11 is 0. The molecule has 0 saturated carbocycles. The number of carbonyl (C=O) groups is 1. The van der Waals surface area contributed by atoms with E-state index in [2.05, 4.69) is 10.4 Å². The highest BCUT2D eigenvalue weighted by molar-refractivity contribution is 5.93. The summed E-state index contributed by atoms with van der Waals surface area (Å²) in [4.78, 5) is 12.0. The Balaban J connectivity index is 1.99. The number of nitrogens with zero attached hydrogens (tertiary/aromatic N) is 2. The summed E-state index contributed by atoms with van der Waals surface area (Å²) in [7, 11) is 0. The molecule has 0 aliphatic heterocycles. The van der Waals surface area contributed by atoms with Gasteiger partial charge in [-0.25, -0.2) is 0 Å². The lowest BCUT2D eigenvalue weighted by molar-refractivity contribution is 0.0526. The van der Waals surface area contributed by atoms with Crippen molar-refractivity contribution in [1.29, 1.82) is 0 Å². The monoisotopic (exact) mass is 273 g/mol. The first-order chi connectivity index (χ1) is 9.53. The third kappa shape index (κ3) is 3.24. The predicted octanol–water partition coefficient (Wildman–Crippen LogP) is 1.54. The average molecular weight is 273 g/mol. The standard InChI is InChI=1S/C15H19N3O2/c1-3-18-10-12(9-17-18)14(19)16-11-15(2,20)13-7-5-4-6-8-13/h4-10,20H,3,11H2,1-2H3,(H,16,19). The van der Waals surface area contributed by atoms with Crippen LogP contribution in [0.4, 0.5) is 0 Å². The van der Waals surface area contributed by atoms with Gasteiger partial charge in [0.25, 0.3) is 5.91 Å². The lowest BCUT2D eigenvalue weighted by atomic mass is 9.96.